The second-order valence-corrected chi connectivity index (χ2v) is 8.68. The van der Waals surface area contributed by atoms with Gasteiger partial charge in [-0.05, 0) is 62.9 Å². The third kappa shape index (κ3) is 5.53. The first-order chi connectivity index (χ1) is 18.3. The Balaban J connectivity index is 1.44. The van der Waals surface area contributed by atoms with Crippen molar-refractivity contribution in [3.63, 3.8) is 0 Å². The van der Waals surface area contributed by atoms with Gasteiger partial charge in [0.1, 0.15) is 0 Å². The van der Waals surface area contributed by atoms with Crippen molar-refractivity contribution in [2.24, 2.45) is 0 Å². The summed E-state index contributed by atoms with van der Waals surface area (Å²) in [7, 11) is 0. The molecule has 0 N–H and O–H groups in total. The van der Waals surface area contributed by atoms with Crippen LogP contribution in [0.1, 0.15) is 44.2 Å². The van der Waals surface area contributed by atoms with Crippen LogP contribution in [0.3, 0.4) is 0 Å². The lowest BCUT2D eigenvalue weighted by molar-refractivity contribution is 0.0342. The van der Waals surface area contributed by atoms with Crippen molar-refractivity contribution in [3.05, 3.63) is 88.5 Å². The average Bonchev–Trinajstić information content (AvgIpc) is 2.92. The molecule has 0 radical (unpaired) electrons. The standard InChI is InChI=1S/C29H26F6O3/c1-3-36-22-13-11-19(25(31)28(22)34)16-5-8-18(9-6-16)38-15-17-7-10-20(26(32)24(17)30)21-12-14-23(37-4-2)29(35)27(21)33/h5,7,10-14,18H,3-4,6,8-9,15H2,1-2H3. The summed E-state index contributed by atoms with van der Waals surface area (Å²) < 4.78 is 103. The van der Waals surface area contributed by atoms with Gasteiger partial charge in [0.25, 0.3) is 0 Å². The molecule has 0 heterocycles. The average molecular weight is 537 g/mol. The summed E-state index contributed by atoms with van der Waals surface area (Å²) in [4.78, 5) is 0. The maximum atomic E-state index is 14.8. The van der Waals surface area contributed by atoms with Crippen LogP contribution in [-0.2, 0) is 11.3 Å². The Morgan fingerprint density at radius 3 is 1.74 bits per heavy atom. The molecule has 0 aliphatic heterocycles. The molecule has 4 rings (SSSR count). The fraction of sp³-hybridized carbons (Fsp3) is 0.310. The highest BCUT2D eigenvalue weighted by Gasteiger charge is 2.24. The molecule has 1 unspecified atom stereocenters. The van der Waals surface area contributed by atoms with Gasteiger partial charge in [-0.25, -0.2) is 17.6 Å². The summed E-state index contributed by atoms with van der Waals surface area (Å²) in [5.74, 6) is -7.68. The Kier molecular flexibility index (Phi) is 8.66. The van der Waals surface area contributed by atoms with Crippen LogP contribution in [0.5, 0.6) is 11.5 Å². The molecule has 0 spiro atoms. The predicted octanol–water partition coefficient (Wildman–Crippen LogP) is 8.14. The van der Waals surface area contributed by atoms with E-state index in [4.69, 9.17) is 14.2 Å². The second kappa shape index (κ2) is 11.9. The first-order valence-corrected chi connectivity index (χ1v) is 12.3. The highest BCUT2D eigenvalue weighted by molar-refractivity contribution is 5.68. The van der Waals surface area contributed by atoms with Gasteiger partial charge < -0.3 is 14.2 Å². The molecule has 1 atom stereocenters. The first kappa shape index (κ1) is 27.6. The highest BCUT2D eigenvalue weighted by atomic mass is 19.2. The lowest BCUT2D eigenvalue weighted by Crippen LogP contribution is -2.16. The van der Waals surface area contributed by atoms with Crippen LogP contribution < -0.4 is 9.47 Å². The molecule has 0 bridgehead atoms. The van der Waals surface area contributed by atoms with E-state index >= 15 is 0 Å². The van der Waals surface area contributed by atoms with Gasteiger partial charge in [0.05, 0.1) is 25.9 Å². The van der Waals surface area contributed by atoms with E-state index < -0.39 is 46.0 Å². The van der Waals surface area contributed by atoms with Crippen LogP contribution in [0, 0.1) is 34.9 Å². The minimum Gasteiger partial charge on any atom is -0.491 e. The van der Waals surface area contributed by atoms with Gasteiger partial charge in [-0.2, -0.15) is 8.78 Å². The molecule has 38 heavy (non-hydrogen) atoms. The van der Waals surface area contributed by atoms with Crippen molar-refractivity contribution >= 4 is 5.57 Å². The van der Waals surface area contributed by atoms with Gasteiger partial charge >= 0.3 is 0 Å². The molecular weight excluding hydrogens is 510 g/mol. The Bertz CT molecular complexity index is 1350. The monoisotopic (exact) mass is 536 g/mol. The number of rotatable bonds is 9. The van der Waals surface area contributed by atoms with E-state index in [1.807, 2.05) is 0 Å². The van der Waals surface area contributed by atoms with E-state index in [9.17, 15) is 26.3 Å². The molecule has 0 fully saturated rings. The van der Waals surface area contributed by atoms with Crippen molar-refractivity contribution in [1.29, 1.82) is 0 Å². The molecule has 3 aromatic carbocycles. The van der Waals surface area contributed by atoms with Crippen LogP contribution in [-0.4, -0.2) is 19.3 Å². The summed E-state index contributed by atoms with van der Waals surface area (Å²) in [5, 5.41) is 0. The minimum absolute atomic E-state index is 0.0903. The summed E-state index contributed by atoms with van der Waals surface area (Å²) in [6.07, 6.45) is 2.60. The van der Waals surface area contributed by atoms with Crippen LogP contribution in [0.15, 0.2) is 42.5 Å². The summed E-state index contributed by atoms with van der Waals surface area (Å²) in [5.41, 5.74) is -0.188. The Morgan fingerprint density at radius 1 is 0.658 bits per heavy atom. The highest BCUT2D eigenvalue weighted by Crippen LogP contribution is 2.35. The van der Waals surface area contributed by atoms with Gasteiger partial charge in [0, 0.05) is 22.3 Å². The zero-order valence-electron chi connectivity index (χ0n) is 20.9. The van der Waals surface area contributed by atoms with E-state index in [-0.39, 0.29) is 48.6 Å². The maximum absolute atomic E-state index is 14.8. The summed E-state index contributed by atoms with van der Waals surface area (Å²) >= 11 is 0. The largest absolute Gasteiger partial charge is 0.491 e. The number of allylic oxidation sites excluding steroid dienone is 1. The van der Waals surface area contributed by atoms with Crippen molar-refractivity contribution in [3.8, 4) is 22.6 Å². The van der Waals surface area contributed by atoms with Gasteiger partial charge in [0.15, 0.2) is 34.8 Å². The maximum Gasteiger partial charge on any atom is 0.201 e. The minimum atomic E-state index is -1.34. The molecule has 1 aliphatic carbocycles. The Labute approximate surface area is 216 Å². The molecule has 3 nitrogen and oxygen atoms in total. The van der Waals surface area contributed by atoms with Gasteiger partial charge in [-0.1, -0.05) is 18.2 Å². The number of hydrogen-bond donors (Lipinski definition) is 0. The molecule has 202 valence electrons. The lowest BCUT2D eigenvalue weighted by Gasteiger charge is -2.23. The van der Waals surface area contributed by atoms with Crippen molar-refractivity contribution in [2.45, 2.75) is 45.8 Å². The SMILES string of the molecule is CCOc1ccc(C2=CCC(OCc3ccc(-c4ccc(OCC)c(F)c4F)c(F)c3F)CC2)c(F)c1F. The van der Waals surface area contributed by atoms with Gasteiger partial charge in [-0.3, -0.25) is 0 Å². The van der Waals surface area contributed by atoms with Crippen molar-refractivity contribution in [1.82, 2.24) is 0 Å². The predicted molar refractivity (Wildman–Crippen MR) is 131 cm³/mol. The summed E-state index contributed by atoms with van der Waals surface area (Å²) in [6.45, 7) is 3.34. The van der Waals surface area contributed by atoms with E-state index in [1.54, 1.807) is 19.9 Å². The second-order valence-electron chi connectivity index (χ2n) is 8.68. The van der Waals surface area contributed by atoms with Gasteiger partial charge in [-0.15, -0.1) is 0 Å². The zero-order valence-corrected chi connectivity index (χ0v) is 20.9. The fourth-order valence-corrected chi connectivity index (χ4v) is 4.38. The van der Waals surface area contributed by atoms with E-state index in [0.717, 1.165) is 18.2 Å². The molecular formula is C29H26F6O3. The number of hydrogen-bond acceptors (Lipinski definition) is 3. The van der Waals surface area contributed by atoms with E-state index in [2.05, 4.69) is 0 Å². The topological polar surface area (TPSA) is 27.7 Å². The van der Waals surface area contributed by atoms with Crippen LogP contribution >= 0.6 is 0 Å². The Hall–Kier alpha value is -3.46. The molecule has 0 aromatic heterocycles. The summed E-state index contributed by atoms with van der Waals surface area (Å²) in [6, 6.07) is 7.55. The van der Waals surface area contributed by atoms with Crippen molar-refractivity contribution < 1.29 is 40.6 Å². The first-order valence-electron chi connectivity index (χ1n) is 12.3. The van der Waals surface area contributed by atoms with Crippen molar-refractivity contribution in [2.75, 3.05) is 13.2 Å². The third-order valence-corrected chi connectivity index (χ3v) is 6.33. The number of benzene rings is 3. The Morgan fingerprint density at radius 2 is 1.18 bits per heavy atom. The molecule has 9 heteroatoms. The van der Waals surface area contributed by atoms with E-state index in [0.29, 0.717) is 24.8 Å². The third-order valence-electron chi connectivity index (χ3n) is 6.33. The van der Waals surface area contributed by atoms with Gasteiger partial charge in [0.2, 0.25) is 11.6 Å². The zero-order chi connectivity index (χ0) is 27.4. The van der Waals surface area contributed by atoms with Crippen LogP contribution in [0.25, 0.3) is 16.7 Å². The molecule has 0 saturated carbocycles. The molecule has 3 aromatic rings. The van der Waals surface area contributed by atoms with Crippen LogP contribution in [0.2, 0.25) is 0 Å². The lowest BCUT2D eigenvalue weighted by atomic mass is 9.91. The quantitative estimate of drug-likeness (QED) is 0.259. The smallest absolute Gasteiger partial charge is 0.201 e. The number of ether oxygens (including phenoxy) is 3. The number of halogens is 6. The fourth-order valence-electron chi connectivity index (χ4n) is 4.38. The van der Waals surface area contributed by atoms with Crippen LogP contribution in [0.4, 0.5) is 26.3 Å². The normalized spacial score (nSPS) is 15.4. The molecule has 0 saturated heterocycles. The molecule has 1 aliphatic rings. The van der Waals surface area contributed by atoms with E-state index in [1.165, 1.54) is 18.2 Å². The molecule has 0 amide bonds.